The zero-order valence-electron chi connectivity index (χ0n) is 15.5. The number of benzene rings is 1. The number of hydrogen-bond donors (Lipinski definition) is 0. The third-order valence-electron chi connectivity index (χ3n) is 3.88. The van der Waals surface area contributed by atoms with Gasteiger partial charge >= 0.3 is 0 Å². The van der Waals surface area contributed by atoms with Crippen LogP contribution in [0.25, 0.3) is 11.4 Å². The number of hydrogen-bond acceptors (Lipinski definition) is 4. The molecule has 1 aromatic carbocycles. The van der Waals surface area contributed by atoms with Crippen LogP contribution in [-0.2, 0) is 11.3 Å². The largest absolute Gasteiger partial charge is 0.343 e. The Kier molecular flexibility index (Phi) is 7.80. The van der Waals surface area contributed by atoms with Crippen LogP contribution >= 0.6 is 35.0 Å². The number of amides is 1. The Balaban J connectivity index is 2.30. The lowest BCUT2D eigenvalue weighted by Gasteiger charge is -2.18. The molecule has 2 rings (SSSR count). The first-order valence-electron chi connectivity index (χ1n) is 8.66. The predicted molar refractivity (Wildman–Crippen MR) is 109 cm³/mol. The fourth-order valence-electron chi connectivity index (χ4n) is 2.59. The monoisotopic (exact) mass is 414 g/mol. The van der Waals surface area contributed by atoms with Gasteiger partial charge in [-0.05, 0) is 38.0 Å². The molecule has 26 heavy (non-hydrogen) atoms. The summed E-state index contributed by atoms with van der Waals surface area (Å²) in [5, 5.41) is 10.5. The molecule has 0 aliphatic rings. The third-order valence-corrected chi connectivity index (χ3v) is 5.38. The summed E-state index contributed by atoms with van der Waals surface area (Å²) in [6.07, 6.45) is 0. The molecule has 0 radical (unpaired) electrons. The molecule has 8 heteroatoms. The van der Waals surface area contributed by atoms with Crippen molar-refractivity contribution in [3.8, 4) is 11.4 Å². The lowest BCUT2D eigenvalue weighted by molar-refractivity contribution is -0.127. The van der Waals surface area contributed by atoms with E-state index >= 15 is 0 Å². The molecule has 1 amide bonds. The quantitative estimate of drug-likeness (QED) is 0.578. The van der Waals surface area contributed by atoms with E-state index in [4.69, 9.17) is 23.2 Å². The number of thioether (sulfide) groups is 1. The van der Waals surface area contributed by atoms with Crippen LogP contribution in [0.4, 0.5) is 0 Å². The van der Waals surface area contributed by atoms with E-state index in [2.05, 4.69) is 24.0 Å². The minimum atomic E-state index is 0.102. The van der Waals surface area contributed by atoms with Gasteiger partial charge in [-0.3, -0.25) is 4.79 Å². The Morgan fingerprint density at radius 3 is 2.50 bits per heavy atom. The van der Waals surface area contributed by atoms with Crippen molar-refractivity contribution in [2.75, 3.05) is 18.8 Å². The molecule has 0 saturated heterocycles. The SMILES string of the molecule is CCN(CC)C(=O)CSc1nnc(-c2ccc(Cl)cc2Cl)n1CC(C)C. The van der Waals surface area contributed by atoms with Gasteiger partial charge in [0.25, 0.3) is 0 Å². The van der Waals surface area contributed by atoms with Gasteiger partial charge in [-0.2, -0.15) is 0 Å². The normalized spacial score (nSPS) is 11.2. The van der Waals surface area contributed by atoms with Crippen LogP contribution in [-0.4, -0.2) is 44.4 Å². The van der Waals surface area contributed by atoms with Gasteiger partial charge in [-0.1, -0.05) is 48.8 Å². The number of carbonyl (C=O) groups is 1. The zero-order chi connectivity index (χ0) is 19.3. The second kappa shape index (κ2) is 9.62. The summed E-state index contributed by atoms with van der Waals surface area (Å²) in [6.45, 7) is 10.4. The van der Waals surface area contributed by atoms with Crippen LogP contribution < -0.4 is 0 Å². The predicted octanol–water partition coefficient (Wildman–Crippen LogP) is 4.87. The van der Waals surface area contributed by atoms with E-state index in [0.29, 0.717) is 40.6 Å². The van der Waals surface area contributed by atoms with Crippen LogP contribution in [0.1, 0.15) is 27.7 Å². The molecule has 0 aliphatic heterocycles. The maximum atomic E-state index is 12.3. The van der Waals surface area contributed by atoms with Gasteiger partial charge < -0.3 is 9.47 Å². The molecule has 0 atom stereocenters. The van der Waals surface area contributed by atoms with Crippen LogP contribution in [0.15, 0.2) is 23.4 Å². The summed E-state index contributed by atoms with van der Waals surface area (Å²) < 4.78 is 2.03. The maximum absolute atomic E-state index is 12.3. The fourth-order valence-corrected chi connectivity index (χ4v) is 3.93. The van der Waals surface area contributed by atoms with E-state index in [1.807, 2.05) is 29.4 Å². The Morgan fingerprint density at radius 2 is 1.92 bits per heavy atom. The summed E-state index contributed by atoms with van der Waals surface area (Å²) in [6, 6.07) is 5.33. The average molecular weight is 415 g/mol. The zero-order valence-corrected chi connectivity index (χ0v) is 17.8. The summed E-state index contributed by atoms with van der Waals surface area (Å²) in [5.74, 6) is 1.53. The Morgan fingerprint density at radius 1 is 1.23 bits per heavy atom. The summed E-state index contributed by atoms with van der Waals surface area (Å²) in [7, 11) is 0. The second-order valence-corrected chi connectivity index (χ2v) is 8.08. The highest BCUT2D eigenvalue weighted by molar-refractivity contribution is 7.99. The number of aromatic nitrogens is 3. The van der Waals surface area contributed by atoms with Gasteiger partial charge in [0.1, 0.15) is 0 Å². The van der Waals surface area contributed by atoms with Crippen LogP contribution in [0, 0.1) is 5.92 Å². The number of nitrogens with zero attached hydrogens (tertiary/aromatic N) is 4. The third kappa shape index (κ3) is 5.15. The van der Waals surface area contributed by atoms with Crippen LogP contribution in [0.2, 0.25) is 10.0 Å². The van der Waals surface area contributed by atoms with Gasteiger partial charge in [0, 0.05) is 30.2 Å². The Bertz CT molecular complexity index is 760. The van der Waals surface area contributed by atoms with Gasteiger partial charge in [0.15, 0.2) is 11.0 Å². The minimum absolute atomic E-state index is 0.102. The van der Waals surface area contributed by atoms with E-state index in [9.17, 15) is 4.79 Å². The highest BCUT2D eigenvalue weighted by Gasteiger charge is 2.19. The Hall–Kier alpha value is -1.24. The van der Waals surface area contributed by atoms with Crippen molar-refractivity contribution in [1.29, 1.82) is 0 Å². The van der Waals surface area contributed by atoms with E-state index < -0.39 is 0 Å². The molecule has 142 valence electrons. The summed E-state index contributed by atoms with van der Waals surface area (Å²) in [5.41, 5.74) is 0.783. The van der Waals surface area contributed by atoms with Gasteiger partial charge in [-0.15, -0.1) is 10.2 Å². The molecule has 0 fully saturated rings. The number of halogens is 2. The van der Waals surface area contributed by atoms with Crippen molar-refractivity contribution in [1.82, 2.24) is 19.7 Å². The molecule has 0 N–H and O–H groups in total. The molecule has 0 bridgehead atoms. The minimum Gasteiger partial charge on any atom is -0.343 e. The molecule has 5 nitrogen and oxygen atoms in total. The second-order valence-electron chi connectivity index (χ2n) is 6.29. The lowest BCUT2D eigenvalue weighted by Crippen LogP contribution is -2.32. The van der Waals surface area contributed by atoms with Gasteiger partial charge in [0.2, 0.25) is 5.91 Å². The lowest BCUT2D eigenvalue weighted by atomic mass is 10.2. The molecule has 0 aliphatic carbocycles. The van der Waals surface area contributed by atoms with Gasteiger partial charge in [0.05, 0.1) is 10.8 Å². The first-order valence-corrected chi connectivity index (χ1v) is 10.4. The average Bonchev–Trinajstić information content (AvgIpc) is 2.96. The molecular formula is C18H24Cl2N4OS. The van der Waals surface area contributed by atoms with Crippen LogP contribution in [0.3, 0.4) is 0 Å². The number of rotatable bonds is 8. The van der Waals surface area contributed by atoms with Crippen molar-refractivity contribution in [3.05, 3.63) is 28.2 Å². The van der Waals surface area contributed by atoms with E-state index in [1.54, 1.807) is 12.1 Å². The van der Waals surface area contributed by atoms with Crippen molar-refractivity contribution in [2.45, 2.75) is 39.4 Å². The van der Waals surface area contributed by atoms with E-state index in [0.717, 1.165) is 17.3 Å². The first-order chi connectivity index (χ1) is 12.4. The molecule has 0 spiro atoms. The van der Waals surface area contributed by atoms with Crippen molar-refractivity contribution >= 4 is 40.9 Å². The first kappa shape index (κ1) is 21.1. The molecule has 2 aromatic rings. The highest BCUT2D eigenvalue weighted by atomic mass is 35.5. The molecule has 0 saturated carbocycles. The Labute approximate surface area is 169 Å². The van der Waals surface area contributed by atoms with Crippen molar-refractivity contribution < 1.29 is 4.79 Å². The van der Waals surface area contributed by atoms with Crippen molar-refractivity contribution in [3.63, 3.8) is 0 Å². The molecule has 1 aromatic heterocycles. The summed E-state index contributed by atoms with van der Waals surface area (Å²) in [4.78, 5) is 14.1. The van der Waals surface area contributed by atoms with Crippen molar-refractivity contribution in [2.24, 2.45) is 5.92 Å². The van der Waals surface area contributed by atoms with Gasteiger partial charge in [-0.25, -0.2) is 0 Å². The standard InChI is InChI=1S/C18H24Cl2N4OS/c1-5-23(6-2)16(25)11-26-18-22-21-17(24(18)10-12(3)4)14-8-7-13(19)9-15(14)20/h7-9,12H,5-6,10-11H2,1-4H3. The molecule has 1 heterocycles. The van der Waals surface area contributed by atoms with Crippen LogP contribution in [0.5, 0.6) is 0 Å². The van der Waals surface area contributed by atoms with E-state index in [-0.39, 0.29) is 5.91 Å². The molecular weight excluding hydrogens is 391 g/mol. The highest BCUT2D eigenvalue weighted by Crippen LogP contribution is 2.32. The molecule has 0 unspecified atom stereocenters. The topological polar surface area (TPSA) is 51.0 Å². The van der Waals surface area contributed by atoms with E-state index in [1.165, 1.54) is 11.8 Å². The summed E-state index contributed by atoms with van der Waals surface area (Å²) >= 11 is 13.8. The fraction of sp³-hybridized carbons (Fsp3) is 0.500. The maximum Gasteiger partial charge on any atom is 0.233 e. The smallest absolute Gasteiger partial charge is 0.233 e. The number of carbonyl (C=O) groups excluding carboxylic acids is 1.